The van der Waals surface area contributed by atoms with Crippen LogP contribution in [0.5, 0.6) is 0 Å². The minimum atomic E-state index is -0.975. The average molecular weight is 247 g/mol. The largest absolute Gasteiger partial charge is 0.480 e. The fourth-order valence-electron chi connectivity index (χ4n) is 0.993. The third kappa shape index (κ3) is 12.6. The number of unbranched alkanes of at least 4 members (excludes halogenated alkanes) is 1. The molecule has 6 nitrogen and oxygen atoms in total. The van der Waals surface area contributed by atoms with Gasteiger partial charge in [0.2, 0.25) is 0 Å². The molecule has 0 aromatic rings. The molecule has 17 heavy (non-hydrogen) atoms. The van der Waals surface area contributed by atoms with Gasteiger partial charge in [0, 0.05) is 13.2 Å². The molecule has 0 bridgehead atoms. The summed E-state index contributed by atoms with van der Waals surface area (Å²) >= 11 is 0. The van der Waals surface area contributed by atoms with E-state index < -0.39 is 17.7 Å². The molecule has 0 aromatic carbocycles. The van der Waals surface area contributed by atoms with Crippen molar-refractivity contribution in [2.24, 2.45) is 0 Å². The van der Waals surface area contributed by atoms with Crippen molar-refractivity contribution in [2.45, 2.75) is 39.2 Å². The molecule has 0 saturated heterocycles. The molecule has 0 spiro atoms. The number of ether oxygens (including phenoxy) is 2. The van der Waals surface area contributed by atoms with Crippen LogP contribution >= 0.6 is 0 Å². The summed E-state index contributed by atoms with van der Waals surface area (Å²) in [5.74, 6) is -0.975. The third-order valence-corrected chi connectivity index (χ3v) is 1.61. The predicted molar refractivity (Wildman–Crippen MR) is 61.9 cm³/mol. The number of carbonyl (C=O) groups excluding carboxylic acids is 1. The van der Waals surface area contributed by atoms with E-state index in [9.17, 15) is 9.59 Å². The molecular formula is C11H21NO5. The highest BCUT2D eigenvalue weighted by Gasteiger charge is 2.15. The second-order valence-electron chi connectivity index (χ2n) is 4.58. The highest BCUT2D eigenvalue weighted by atomic mass is 16.6. The zero-order valence-corrected chi connectivity index (χ0v) is 10.6. The Morgan fingerprint density at radius 1 is 1.24 bits per heavy atom. The van der Waals surface area contributed by atoms with Gasteiger partial charge in [0.05, 0.1) is 0 Å². The number of nitrogens with one attached hydrogen (secondary N) is 1. The van der Waals surface area contributed by atoms with Crippen molar-refractivity contribution in [3.63, 3.8) is 0 Å². The van der Waals surface area contributed by atoms with Gasteiger partial charge in [0.15, 0.2) is 0 Å². The second kappa shape index (κ2) is 7.89. The van der Waals surface area contributed by atoms with E-state index in [-0.39, 0.29) is 6.61 Å². The minimum absolute atomic E-state index is 0.278. The SMILES string of the molecule is CC(C)(C)OC(=O)NCCCCOCC(=O)O. The quantitative estimate of drug-likeness (QED) is 0.664. The molecule has 0 fully saturated rings. The molecule has 6 heteroatoms. The lowest BCUT2D eigenvalue weighted by Gasteiger charge is -2.19. The smallest absolute Gasteiger partial charge is 0.407 e. The van der Waals surface area contributed by atoms with Gasteiger partial charge in [-0.1, -0.05) is 0 Å². The number of amides is 1. The maximum absolute atomic E-state index is 11.2. The number of carboxylic acids is 1. The van der Waals surface area contributed by atoms with Crippen LogP contribution in [0.2, 0.25) is 0 Å². The molecule has 2 N–H and O–H groups in total. The van der Waals surface area contributed by atoms with E-state index in [0.29, 0.717) is 19.6 Å². The van der Waals surface area contributed by atoms with E-state index in [1.807, 2.05) is 0 Å². The van der Waals surface area contributed by atoms with Crippen LogP contribution in [0.4, 0.5) is 4.79 Å². The predicted octanol–water partition coefficient (Wildman–Crippen LogP) is 1.39. The van der Waals surface area contributed by atoms with Crippen molar-refractivity contribution in [3.8, 4) is 0 Å². The molecular weight excluding hydrogens is 226 g/mol. The van der Waals surface area contributed by atoms with E-state index in [1.165, 1.54) is 0 Å². The minimum Gasteiger partial charge on any atom is -0.480 e. The summed E-state index contributed by atoms with van der Waals surface area (Å²) in [7, 11) is 0. The van der Waals surface area contributed by atoms with Crippen LogP contribution in [0.25, 0.3) is 0 Å². The first-order chi connectivity index (χ1) is 7.81. The number of aliphatic carboxylic acids is 1. The molecule has 0 aliphatic heterocycles. The van der Waals surface area contributed by atoms with Crippen molar-refractivity contribution >= 4 is 12.1 Å². The van der Waals surface area contributed by atoms with Gasteiger partial charge in [0.1, 0.15) is 12.2 Å². The molecule has 0 aliphatic rings. The molecule has 0 radical (unpaired) electrons. The Bertz CT molecular complexity index is 247. The monoisotopic (exact) mass is 247 g/mol. The normalized spacial score (nSPS) is 11.0. The van der Waals surface area contributed by atoms with Gasteiger partial charge in [-0.3, -0.25) is 0 Å². The standard InChI is InChI=1S/C11H21NO5/c1-11(2,3)17-10(15)12-6-4-5-7-16-8-9(13)14/h4-8H2,1-3H3,(H,12,15)(H,13,14). The highest BCUT2D eigenvalue weighted by Crippen LogP contribution is 2.06. The number of rotatable bonds is 7. The molecule has 0 heterocycles. The van der Waals surface area contributed by atoms with E-state index in [0.717, 1.165) is 6.42 Å². The zero-order chi connectivity index (χ0) is 13.3. The third-order valence-electron chi connectivity index (χ3n) is 1.61. The van der Waals surface area contributed by atoms with E-state index in [1.54, 1.807) is 20.8 Å². The highest BCUT2D eigenvalue weighted by molar-refractivity contribution is 5.68. The van der Waals surface area contributed by atoms with Gasteiger partial charge in [-0.2, -0.15) is 0 Å². The Labute approximate surface area is 101 Å². The first-order valence-electron chi connectivity index (χ1n) is 5.57. The van der Waals surface area contributed by atoms with Crippen LogP contribution in [0.1, 0.15) is 33.6 Å². The van der Waals surface area contributed by atoms with Crippen molar-refractivity contribution in [2.75, 3.05) is 19.8 Å². The van der Waals surface area contributed by atoms with Crippen LogP contribution < -0.4 is 5.32 Å². The maximum atomic E-state index is 11.2. The Morgan fingerprint density at radius 3 is 2.41 bits per heavy atom. The van der Waals surface area contributed by atoms with Crippen molar-refractivity contribution in [1.82, 2.24) is 5.32 Å². The Hall–Kier alpha value is -1.30. The maximum Gasteiger partial charge on any atom is 0.407 e. The van der Waals surface area contributed by atoms with Crippen molar-refractivity contribution in [3.05, 3.63) is 0 Å². The van der Waals surface area contributed by atoms with Crippen molar-refractivity contribution in [1.29, 1.82) is 0 Å². The average Bonchev–Trinajstić information content (AvgIpc) is 2.12. The lowest BCUT2D eigenvalue weighted by atomic mass is 10.2. The fraction of sp³-hybridized carbons (Fsp3) is 0.818. The first-order valence-corrected chi connectivity index (χ1v) is 5.57. The van der Waals surface area contributed by atoms with Crippen LogP contribution in [-0.4, -0.2) is 42.5 Å². The van der Waals surface area contributed by atoms with Gasteiger partial charge in [0.25, 0.3) is 0 Å². The van der Waals surface area contributed by atoms with Gasteiger partial charge in [-0.15, -0.1) is 0 Å². The molecule has 100 valence electrons. The summed E-state index contributed by atoms with van der Waals surface area (Å²) in [5.41, 5.74) is -0.491. The summed E-state index contributed by atoms with van der Waals surface area (Å²) in [6, 6.07) is 0. The number of hydrogen-bond acceptors (Lipinski definition) is 4. The van der Waals surface area contributed by atoms with Crippen LogP contribution in [0.15, 0.2) is 0 Å². The molecule has 0 saturated carbocycles. The fourth-order valence-corrected chi connectivity index (χ4v) is 0.993. The van der Waals surface area contributed by atoms with E-state index in [2.05, 4.69) is 5.32 Å². The number of carbonyl (C=O) groups is 2. The molecule has 0 aliphatic carbocycles. The Balaban J connectivity index is 3.34. The van der Waals surface area contributed by atoms with Gasteiger partial charge in [-0.25, -0.2) is 9.59 Å². The first kappa shape index (κ1) is 15.7. The zero-order valence-electron chi connectivity index (χ0n) is 10.6. The summed E-state index contributed by atoms with van der Waals surface area (Å²) < 4.78 is 9.88. The molecule has 1 amide bonds. The Morgan fingerprint density at radius 2 is 1.88 bits per heavy atom. The Kier molecular flexibility index (Phi) is 7.29. The van der Waals surface area contributed by atoms with Crippen LogP contribution in [0.3, 0.4) is 0 Å². The van der Waals surface area contributed by atoms with Crippen LogP contribution in [0, 0.1) is 0 Å². The summed E-state index contributed by atoms with van der Waals surface area (Å²) in [4.78, 5) is 21.3. The summed E-state index contributed by atoms with van der Waals surface area (Å²) in [6.45, 7) is 5.98. The number of hydrogen-bond donors (Lipinski definition) is 2. The molecule has 0 atom stereocenters. The second-order valence-corrected chi connectivity index (χ2v) is 4.58. The summed E-state index contributed by atoms with van der Waals surface area (Å²) in [6.07, 6.45) is 0.978. The van der Waals surface area contributed by atoms with Gasteiger partial charge < -0.3 is 19.9 Å². The van der Waals surface area contributed by atoms with Crippen molar-refractivity contribution < 1.29 is 24.2 Å². The number of carboxylic acid groups (broad SMARTS) is 1. The topological polar surface area (TPSA) is 84.9 Å². The van der Waals surface area contributed by atoms with E-state index in [4.69, 9.17) is 14.6 Å². The van der Waals surface area contributed by atoms with E-state index >= 15 is 0 Å². The lowest BCUT2D eigenvalue weighted by Crippen LogP contribution is -2.33. The van der Waals surface area contributed by atoms with Gasteiger partial charge >= 0.3 is 12.1 Å². The molecule has 0 unspecified atom stereocenters. The summed E-state index contributed by atoms with van der Waals surface area (Å²) in [5, 5.41) is 10.9. The van der Waals surface area contributed by atoms with Crippen LogP contribution in [-0.2, 0) is 14.3 Å². The van der Waals surface area contributed by atoms with Gasteiger partial charge in [-0.05, 0) is 33.6 Å². The molecule has 0 aromatic heterocycles. The number of alkyl carbamates (subject to hydrolysis) is 1. The molecule has 0 rings (SSSR count). The lowest BCUT2D eigenvalue weighted by molar-refractivity contribution is -0.142.